The van der Waals surface area contributed by atoms with Crippen LogP contribution in [0.3, 0.4) is 0 Å². The number of thiazole rings is 1. The summed E-state index contributed by atoms with van der Waals surface area (Å²) in [5.41, 5.74) is 0.805. The molecule has 0 radical (unpaired) electrons. The van der Waals surface area contributed by atoms with Crippen LogP contribution in [0.1, 0.15) is 6.42 Å². The van der Waals surface area contributed by atoms with Crippen molar-refractivity contribution in [2.75, 3.05) is 16.8 Å². The standard InChI is InChI=1S/C14H12BrN3O2S/c15-10-2-1-3-11(7-10)18-8-9(6-12(18)19)13(20)17-14-16-4-5-21-14/h1-5,7,9H,6,8H2,(H,16,17,20). The van der Waals surface area contributed by atoms with Gasteiger partial charge in [0, 0.05) is 34.7 Å². The first kappa shape index (κ1) is 14.2. The second kappa shape index (κ2) is 5.95. The molecule has 0 spiro atoms. The van der Waals surface area contributed by atoms with Gasteiger partial charge in [-0.3, -0.25) is 9.59 Å². The van der Waals surface area contributed by atoms with Gasteiger partial charge in [0.15, 0.2) is 5.13 Å². The molecule has 1 unspecified atom stereocenters. The van der Waals surface area contributed by atoms with Gasteiger partial charge in [0.05, 0.1) is 5.92 Å². The zero-order valence-electron chi connectivity index (χ0n) is 11.0. The Hall–Kier alpha value is -1.73. The van der Waals surface area contributed by atoms with Crippen molar-refractivity contribution in [1.82, 2.24) is 4.98 Å². The molecule has 21 heavy (non-hydrogen) atoms. The summed E-state index contributed by atoms with van der Waals surface area (Å²) in [6.07, 6.45) is 1.86. The lowest BCUT2D eigenvalue weighted by Gasteiger charge is -2.16. The Balaban J connectivity index is 1.71. The highest BCUT2D eigenvalue weighted by atomic mass is 79.9. The molecule has 5 nitrogen and oxygen atoms in total. The number of nitrogens with zero attached hydrogens (tertiary/aromatic N) is 2. The molecule has 1 aromatic carbocycles. The second-order valence-electron chi connectivity index (χ2n) is 4.71. The van der Waals surface area contributed by atoms with Crippen molar-refractivity contribution >= 4 is 49.9 Å². The lowest BCUT2D eigenvalue weighted by Crippen LogP contribution is -2.28. The average Bonchev–Trinajstić information content (AvgIpc) is 3.08. The number of carbonyl (C=O) groups excluding carboxylic acids is 2. The monoisotopic (exact) mass is 365 g/mol. The summed E-state index contributed by atoms with van der Waals surface area (Å²) in [4.78, 5) is 30.0. The number of amides is 2. The van der Waals surface area contributed by atoms with E-state index in [1.807, 2.05) is 24.3 Å². The molecule has 1 aromatic heterocycles. The van der Waals surface area contributed by atoms with Crippen molar-refractivity contribution in [3.8, 4) is 0 Å². The van der Waals surface area contributed by atoms with Crippen molar-refractivity contribution in [3.05, 3.63) is 40.3 Å². The number of benzene rings is 1. The van der Waals surface area contributed by atoms with Crippen molar-refractivity contribution < 1.29 is 9.59 Å². The number of halogens is 1. The fourth-order valence-electron chi connectivity index (χ4n) is 2.27. The molecule has 0 bridgehead atoms. The van der Waals surface area contributed by atoms with Crippen LogP contribution in [0.2, 0.25) is 0 Å². The average molecular weight is 366 g/mol. The summed E-state index contributed by atoms with van der Waals surface area (Å²) in [6, 6.07) is 7.51. The summed E-state index contributed by atoms with van der Waals surface area (Å²) in [5.74, 6) is -0.538. The zero-order valence-corrected chi connectivity index (χ0v) is 13.4. The van der Waals surface area contributed by atoms with E-state index in [2.05, 4.69) is 26.2 Å². The minimum Gasteiger partial charge on any atom is -0.312 e. The van der Waals surface area contributed by atoms with E-state index < -0.39 is 0 Å². The Morgan fingerprint density at radius 1 is 1.48 bits per heavy atom. The first-order valence-corrected chi connectivity index (χ1v) is 8.07. The van der Waals surface area contributed by atoms with E-state index in [9.17, 15) is 9.59 Å². The maximum absolute atomic E-state index is 12.2. The van der Waals surface area contributed by atoms with Gasteiger partial charge in [-0.05, 0) is 18.2 Å². The molecule has 1 atom stereocenters. The molecule has 1 saturated heterocycles. The van der Waals surface area contributed by atoms with Gasteiger partial charge in [-0.15, -0.1) is 11.3 Å². The van der Waals surface area contributed by atoms with Gasteiger partial charge in [0.25, 0.3) is 0 Å². The van der Waals surface area contributed by atoms with E-state index in [4.69, 9.17) is 0 Å². The summed E-state index contributed by atoms with van der Waals surface area (Å²) in [6.45, 7) is 0.395. The number of anilines is 2. The molecule has 1 N–H and O–H groups in total. The van der Waals surface area contributed by atoms with Crippen molar-refractivity contribution in [2.24, 2.45) is 5.92 Å². The molecule has 1 fully saturated rings. The molecule has 2 aromatic rings. The summed E-state index contributed by atoms with van der Waals surface area (Å²) in [5, 5.41) is 5.11. The van der Waals surface area contributed by atoms with Crippen molar-refractivity contribution in [2.45, 2.75) is 6.42 Å². The fourth-order valence-corrected chi connectivity index (χ4v) is 3.19. The lowest BCUT2D eigenvalue weighted by atomic mass is 10.1. The van der Waals surface area contributed by atoms with Gasteiger partial charge in [-0.1, -0.05) is 22.0 Å². The number of aromatic nitrogens is 1. The highest BCUT2D eigenvalue weighted by molar-refractivity contribution is 9.10. The first-order valence-electron chi connectivity index (χ1n) is 6.40. The van der Waals surface area contributed by atoms with Crippen molar-refractivity contribution in [1.29, 1.82) is 0 Å². The molecule has 2 amide bonds. The van der Waals surface area contributed by atoms with Gasteiger partial charge >= 0.3 is 0 Å². The normalized spacial score (nSPS) is 18.0. The fraction of sp³-hybridized carbons (Fsp3) is 0.214. The predicted molar refractivity (Wildman–Crippen MR) is 85.3 cm³/mol. The maximum Gasteiger partial charge on any atom is 0.231 e. The summed E-state index contributed by atoms with van der Waals surface area (Å²) >= 11 is 4.75. The number of nitrogens with one attached hydrogen (secondary N) is 1. The number of rotatable bonds is 3. The Morgan fingerprint density at radius 2 is 2.33 bits per heavy atom. The smallest absolute Gasteiger partial charge is 0.231 e. The van der Waals surface area contributed by atoms with Gasteiger partial charge in [0.1, 0.15) is 0 Å². The Kier molecular flexibility index (Phi) is 4.03. The van der Waals surface area contributed by atoms with Crippen LogP contribution in [0.15, 0.2) is 40.3 Å². The molecule has 108 valence electrons. The third-order valence-corrected chi connectivity index (χ3v) is 4.46. The molecule has 2 heterocycles. The summed E-state index contributed by atoms with van der Waals surface area (Å²) < 4.78 is 0.906. The van der Waals surface area contributed by atoms with Gasteiger partial charge < -0.3 is 10.2 Å². The molecule has 1 aliphatic heterocycles. The van der Waals surface area contributed by atoms with Crippen LogP contribution >= 0.6 is 27.3 Å². The molecule has 7 heteroatoms. The van der Waals surface area contributed by atoms with Gasteiger partial charge in [-0.2, -0.15) is 0 Å². The molecule has 1 aliphatic rings. The minimum atomic E-state index is -0.347. The third kappa shape index (κ3) is 3.14. The molecular formula is C14H12BrN3O2S. The van der Waals surface area contributed by atoms with Crippen LogP contribution in [0, 0.1) is 5.92 Å². The second-order valence-corrected chi connectivity index (χ2v) is 6.52. The Labute approximate surface area is 134 Å². The highest BCUT2D eigenvalue weighted by Crippen LogP contribution is 2.28. The van der Waals surface area contributed by atoms with E-state index in [0.717, 1.165) is 10.2 Å². The quantitative estimate of drug-likeness (QED) is 0.909. The highest BCUT2D eigenvalue weighted by Gasteiger charge is 2.35. The zero-order chi connectivity index (χ0) is 14.8. The molecular weight excluding hydrogens is 354 g/mol. The van der Waals surface area contributed by atoms with E-state index >= 15 is 0 Å². The van der Waals surface area contributed by atoms with Gasteiger partial charge in [0.2, 0.25) is 11.8 Å². The van der Waals surface area contributed by atoms with Crippen LogP contribution in [-0.4, -0.2) is 23.3 Å². The number of hydrogen-bond acceptors (Lipinski definition) is 4. The van der Waals surface area contributed by atoms with E-state index in [1.54, 1.807) is 16.5 Å². The lowest BCUT2D eigenvalue weighted by molar-refractivity contribution is -0.122. The van der Waals surface area contributed by atoms with E-state index in [-0.39, 0.29) is 24.2 Å². The topological polar surface area (TPSA) is 62.3 Å². The largest absolute Gasteiger partial charge is 0.312 e. The van der Waals surface area contributed by atoms with Crippen LogP contribution in [0.4, 0.5) is 10.8 Å². The Bertz CT molecular complexity index is 675. The Morgan fingerprint density at radius 3 is 3.05 bits per heavy atom. The minimum absolute atomic E-state index is 0.0348. The predicted octanol–water partition coefficient (Wildman–Crippen LogP) is 2.90. The maximum atomic E-state index is 12.2. The van der Waals surface area contributed by atoms with E-state index in [0.29, 0.717) is 11.7 Å². The molecule has 3 rings (SSSR count). The summed E-state index contributed by atoms with van der Waals surface area (Å²) in [7, 11) is 0. The van der Waals surface area contributed by atoms with Crippen LogP contribution < -0.4 is 10.2 Å². The van der Waals surface area contributed by atoms with Crippen LogP contribution in [0.25, 0.3) is 0 Å². The molecule has 0 saturated carbocycles. The number of hydrogen-bond donors (Lipinski definition) is 1. The van der Waals surface area contributed by atoms with Crippen LogP contribution in [0.5, 0.6) is 0 Å². The third-order valence-electron chi connectivity index (χ3n) is 3.28. The van der Waals surface area contributed by atoms with Gasteiger partial charge in [-0.25, -0.2) is 4.98 Å². The number of carbonyl (C=O) groups is 2. The van der Waals surface area contributed by atoms with Crippen LogP contribution in [-0.2, 0) is 9.59 Å². The SMILES string of the molecule is O=C(Nc1nccs1)C1CC(=O)N(c2cccc(Br)c2)C1. The molecule has 0 aliphatic carbocycles. The van der Waals surface area contributed by atoms with E-state index in [1.165, 1.54) is 11.3 Å². The first-order chi connectivity index (χ1) is 10.1. The van der Waals surface area contributed by atoms with Crippen molar-refractivity contribution in [3.63, 3.8) is 0 Å².